The lowest BCUT2D eigenvalue weighted by molar-refractivity contribution is -0.146. The van der Waals surface area contributed by atoms with Crippen molar-refractivity contribution in [3.05, 3.63) is 88.8 Å². The molecule has 0 radical (unpaired) electrons. The molecule has 1 atom stereocenters. The number of aryl methyl sites for hydroxylation is 2. The largest absolute Gasteiger partial charge is 0.479 e. The zero-order valence-corrected chi connectivity index (χ0v) is 19.7. The van der Waals surface area contributed by atoms with E-state index in [1.807, 2.05) is 12.1 Å². The van der Waals surface area contributed by atoms with Crippen LogP contribution < -0.4 is 4.74 Å². The lowest BCUT2D eigenvalue weighted by atomic mass is 9.95. The molecular formula is C27H30O4S. The van der Waals surface area contributed by atoms with Crippen LogP contribution in [0, 0.1) is 13.8 Å². The molecule has 3 rings (SSSR count). The van der Waals surface area contributed by atoms with Crippen molar-refractivity contribution in [3.8, 4) is 16.2 Å². The van der Waals surface area contributed by atoms with E-state index in [-0.39, 0.29) is 18.5 Å². The summed E-state index contributed by atoms with van der Waals surface area (Å²) in [6.07, 6.45) is 1.47. The molecule has 1 aromatic heterocycles. The van der Waals surface area contributed by atoms with E-state index in [0.717, 1.165) is 15.5 Å². The maximum atomic E-state index is 11.9. The molecule has 0 aliphatic carbocycles. The molecule has 3 aromatic rings. The minimum Gasteiger partial charge on any atom is -0.479 e. The number of thiophene rings is 1. The van der Waals surface area contributed by atoms with Gasteiger partial charge in [0.1, 0.15) is 12.7 Å². The van der Waals surface area contributed by atoms with E-state index in [1.54, 1.807) is 13.0 Å². The fraction of sp³-hybridized carbons (Fsp3) is 0.296. The van der Waals surface area contributed by atoms with Gasteiger partial charge in [-0.05, 0) is 66.8 Å². The molecule has 5 heteroatoms. The molecule has 0 N–H and O–H groups in total. The topological polar surface area (TPSA) is 44.8 Å². The van der Waals surface area contributed by atoms with Gasteiger partial charge in [0.15, 0.2) is 5.06 Å². The van der Waals surface area contributed by atoms with Gasteiger partial charge in [0, 0.05) is 4.88 Å². The highest BCUT2D eigenvalue weighted by Gasteiger charge is 2.20. The quantitative estimate of drug-likeness (QED) is 0.238. The molecule has 32 heavy (non-hydrogen) atoms. The highest BCUT2D eigenvalue weighted by Crippen LogP contribution is 2.34. The summed E-state index contributed by atoms with van der Waals surface area (Å²) >= 11 is 1.49. The first-order valence-electron chi connectivity index (χ1n) is 10.8. The second-order valence-corrected chi connectivity index (χ2v) is 8.61. The Kier molecular flexibility index (Phi) is 8.65. The third kappa shape index (κ3) is 6.31. The molecule has 168 valence electrons. The SMILES string of the molecule is C=CCOC(CC(=O)OCC)c1ccc(OCc2cccc(-c3c(C)cccc3C)c2)s1. The number of benzene rings is 2. The molecule has 0 bridgehead atoms. The van der Waals surface area contributed by atoms with Crippen LogP contribution in [0.1, 0.15) is 41.0 Å². The Labute approximate surface area is 194 Å². The van der Waals surface area contributed by atoms with Crippen LogP contribution in [0.15, 0.2) is 67.3 Å². The van der Waals surface area contributed by atoms with Gasteiger partial charge in [-0.25, -0.2) is 0 Å². The molecule has 0 spiro atoms. The van der Waals surface area contributed by atoms with Gasteiger partial charge in [-0.2, -0.15) is 0 Å². The summed E-state index contributed by atoms with van der Waals surface area (Å²) in [6.45, 7) is 10.9. The Morgan fingerprint density at radius 3 is 2.56 bits per heavy atom. The summed E-state index contributed by atoms with van der Waals surface area (Å²) in [6, 6.07) is 18.7. The van der Waals surface area contributed by atoms with Crippen LogP contribution in [0.25, 0.3) is 11.1 Å². The summed E-state index contributed by atoms with van der Waals surface area (Å²) in [5, 5.41) is 0.786. The third-order valence-electron chi connectivity index (χ3n) is 5.07. The van der Waals surface area contributed by atoms with E-state index in [4.69, 9.17) is 14.2 Å². The maximum Gasteiger partial charge on any atom is 0.308 e. The second kappa shape index (κ2) is 11.7. The molecule has 0 aliphatic heterocycles. The van der Waals surface area contributed by atoms with Gasteiger partial charge in [-0.3, -0.25) is 4.79 Å². The monoisotopic (exact) mass is 450 g/mol. The van der Waals surface area contributed by atoms with Gasteiger partial charge < -0.3 is 14.2 Å². The molecule has 0 saturated heterocycles. The van der Waals surface area contributed by atoms with Crippen molar-refractivity contribution in [1.82, 2.24) is 0 Å². The first kappa shape index (κ1) is 23.8. The smallest absolute Gasteiger partial charge is 0.308 e. The number of ether oxygens (including phenoxy) is 3. The molecule has 1 heterocycles. The molecule has 0 aliphatic rings. The summed E-state index contributed by atoms with van der Waals surface area (Å²) in [5.74, 6) is -0.277. The average Bonchev–Trinajstić information content (AvgIpc) is 3.24. The highest BCUT2D eigenvalue weighted by atomic mass is 32.1. The van der Waals surface area contributed by atoms with Crippen LogP contribution in [0.4, 0.5) is 0 Å². The molecule has 0 saturated carbocycles. The minimum absolute atomic E-state index is 0.166. The van der Waals surface area contributed by atoms with Crippen LogP contribution in [-0.4, -0.2) is 19.2 Å². The van der Waals surface area contributed by atoms with Crippen molar-refractivity contribution in [2.75, 3.05) is 13.2 Å². The zero-order chi connectivity index (χ0) is 22.9. The van der Waals surface area contributed by atoms with E-state index in [1.165, 1.54) is 33.6 Å². The molecule has 1 unspecified atom stereocenters. The predicted octanol–water partition coefficient (Wildman–Crippen LogP) is 6.81. The third-order valence-corrected chi connectivity index (χ3v) is 6.16. The Morgan fingerprint density at radius 1 is 1.09 bits per heavy atom. The Balaban J connectivity index is 1.69. The molecular weight excluding hydrogens is 420 g/mol. The molecule has 0 fully saturated rings. The number of hydrogen-bond donors (Lipinski definition) is 0. The van der Waals surface area contributed by atoms with Crippen molar-refractivity contribution in [2.45, 2.75) is 39.9 Å². The van der Waals surface area contributed by atoms with Crippen molar-refractivity contribution in [1.29, 1.82) is 0 Å². The van der Waals surface area contributed by atoms with Crippen molar-refractivity contribution >= 4 is 17.3 Å². The van der Waals surface area contributed by atoms with Gasteiger partial charge in [0.25, 0.3) is 0 Å². The van der Waals surface area contributed by atoms with Gasteiger partial charge in [-0.1, -0.05) is 42.5 Å². The molecule has 2 aromatic carbocycles. The number of esters is 1. The predicted molar refractivity (Wildman–Crippen MR) is 130 cm³/mol. The summed E-state index contributed by atoms with van der Waals surface area (Å²) < 4.78 is 16.9. The summed E-state index contributed by atoms with van der Waals surface area (Å²) in [7, 11) is 0. The Bertz CT molecular complexity index is 1030. The summed E-state index contributed by atoms with van der Waals surface area (Å²) in [4.78, 5) is 12.9. The van der Waals surface area contributed by atoms with Gasteiger partial charge in [0.05, 0.1) is 19.6 Å². The normalized spacial score (nSPS) is 11.7. The average molecular weight is 451 g/mol. The molecule has 4 nitrogen and oxygen atoms in total. The van der Waals surface area contributed by atoms with E-state index in [2.05, 4.69) is 62.9 Å². The fourth-order valence-corrected chi connectivity index (χ4v) is 4.53. The fourth-order valence-electron chi connectivity index (χ4n) is 3.62. The van der Waals surface area contributed by atoms with Crippen molar-refractivity contribution in [2.24, 2.45) is 0 Å². The molecule has 0 amide bonds. The number of carbonyl (C=O) groups is 1. The maximum absolute atomic E-state index is 11.9. The Hall–Kier alpha value is -2.89. The van der Waals surface area contributed by atoms with Crippen LogP contribution in [-0.2, 0) is 20.9 Å². The van der Waals surface area contributed by atoms with E-state index < -0.39 is 0 Å². The van der Waals surface area contributed by atoms with E-state index in [0.29, 0.717) is 19.8 Å². The standard InChI is InChI=1S/C27H30O4S/c1-5-15-30-23(17-25(28)29-6-2)24-13-14-26(32-24)31-18-21-11-8-12-22(16-21)27-19(3)9-7-10-20(27)4/h5,7-14,16,23H,1,6,15,17-18H2,2-4H3. The lowest BCUT2D eigenvalue weighted by Gasteiger charge is -2.14. The van der Waals surface area contributed by atoms with Gasteiger partial charge in [-0.15, -0.1) is 17.9 Å². The van der Waals surface area contributed by atoms with Gasteiger partial charge in [0.2, 0.25) is 0 Å². The van der Waals surface area contributed by atoms with E-state index in [9.17, 15) is 4.79 Å². The van der Waals surface area contributed by atoms with Crippen LogP contribution in [0.5, 0.6) is 5.06 Å². The van der Waals surface area contributed by atoms with Crippen LogP contribution in [0.3, 0.4) is 0 Å². The Morgan fingerprint density at radius 2 is 1.84 bits per heavy atom. The highest BCUT2D eigenvalue weighted by molar-refractivity contribution is 7.13. The number of hydrogen-bond acceptors (Lipinski definition) is 5. The summed E-state index contributed by atoms with van der Waals surface area (Å²) in [5.41, 5.74) is 6.09. The first-order valence-corrected chi connectivity index (χ1v) is 11.6. The van der Waals surface area contributed by atoms with Crippen LogP contribution >= 0.6 is 11.3 Å². The van der Waals surface area contributed by atoms with Crippen LogP contribution in [0.2, 0.25) is 0 Å². The zero-order valence-electron chi connectivity index (χ0n) is 18.9. The van der Waals surface area contributed by atoms with Crippen molar-refractivity contribution in [3.63, 3.8) is 0 Å². The van der Waals surface area contributed by atoms with Crippen molar-refractivity contribution < 1.29 is 19.0 Å². The number of carbonyl (C=O) groups excluding carboxylic acids is 1. The van der Waals surface area contributed by atoms with Gasteiger partial charge >= 0.3 is 5.97 Å². The van der Waals surface area contributed by atoms with E-state index >= 15 is 0 Å². The first-order chi connectivity index (χ1) is 15.5. The number of rotatable bonds is 11. The lowest BCUT2D eigenvalue weighted by Crippen LogP contribution is -2.12. The second-order valence-electron chi connectivity index (χ2n) is 7.53. The minimum atomic E-state index is -0.373.